The van der Waals surface area contributed by atoms with Crippen molar-refractivity contribution in [2.24, 2.45) is 23.7 Å². The van der Waals surface area contributed by atoms with E-state index in [-0.39, 0.29) is 36.0 Å². The number of halogens is 1. The van der Waals surface area contributed by atoms with Crippen molar-refractivity contribution in [3.05, 3.63) is 94.5 Å². The molecule has 4 aromatic rings. The van der Waals surface area contributed by atoms with Gasteiger partial charge in [0.2, 0.25) is 11.8 Å². The number of nitrogens with zero attached hydrogens (tertiary/aromatic N) is 2. The Balaban J connectivity index is 1.14. The van der Waals surface area contributed by atoms with Crippen LogP contribution in [-0.2, 0) is 14.3 Å². The summed E-state index contributed by atoms with van der Waals surface area (Å²) in [7, 11) is 0. The lowest BCUT2D eigenvalue weighted by Crippen LogP contribution is -2.32. The molecule has 3 fully saturated rings. The number of para-hydroxylation sites is 1. The minimum atomic E-state index is -0.624. The number of Topliss-reactive ketones (excluding diaryl/α,β-unsaturated/α-hetero) is 1. The summed E-state index contributed by atoms with van der Waals surface area (Å²) in [6.07, 6.45) is 3.07. The molecule has 2 amide bonds. The third kappa shape index (κ3) is 4.37. The molecule has 4 atom stereocenters. The number of fused-ring (bicyclic) bond motifs is 6. The van der Waals surface area contributed by atoms with Gasteiger partial charge in [0.1, 0.15) is 0 Å². The Hall–Kier alpha value is -4.17. The van der Waals surface area contributed by atoms with Crippen molar-refractivity contribution in [1.29, 1.82) is 0 Å². The highest BCUT2D eigenvalue weighted by molar-refractivity contribution is 9.10. The predicted molar refractivity (Wildman–Crippen MR) is 156 cm³/mol. The number of hydrogen-bond acceptors (Lipinski definition) is 6. The molecule has 2 bridgehead atoms. The van der Waals surface area contributed by atoms with Crippen molar-refractivity contribution in [3.8, 4) is 11.3 Å². The molecular weight excluding hydrogens is 584 g/mol. The lowest BCUT2D eigenvalue weighted by Gasteiger charge is -2.19. The van der Waals surface area contributed by atoms with Gasteiger partial charge in [-0.25, -0.2) is 9.78 Å². The zero-order valence-electron chi connectivity index (χ0n) is 22.0. The first-order valence-corrected chi connectivity index (χ1v) is 14.5. The molecule has 41 heavy (non-hydrogen) atoms. The number of imide groups is 1. The van der Waals surface area contributed by atoms with Gasteiger partial charge in [-0.3, -0.25) is 19.3 Å². The number of anilines is 1. The number of amides is 2. The minimum absolute atomic E-state index is 0.0773. The van der Waals surface area contributed by atoms with Crippen LogP contribution in [0.3, 0.4) is 0 Å². The Morgan fingerprint density at radius 3 is 2.22 bits per heavy atom. The summed E-state index contributed by atoms with van der Waals surface area (Å²) in [6, 6.07) is 22.9. The molecule has 1 saturated heterocycles. The highest BCUT2D eigenvalue weighted by Gasteiger charge is 2.61. The number of carbonyl (C=O) groups is 4. The van der Waals surface area contributed by atoms with Crippen LogP contribution in [0.4, 0.5) is 5.69 Å². The largest absolute Gasteiger partial charge is 0.454 e. The SMILES string of the molecule is O=C(COC(=O)c1cc(-c2ccc(N3C(=O)C4C5CCC(C5)C4C3=O)cc2)nc2ccccc12)c1ccc(Br)cc1. The first-order valence-electron chi connectivity index (χ1n) is 13.7. The quantitative estimate of drug-likeness (QED) is 0.146. The van der Waals surface area contributed by atoms with Crippen LogP contribution in [0.2, 0.25) is 0 Å². The van der Waals surface area contributed by atoms with Gasteiger partial charge in [0.15, 0.2) is 12.4 Å². The van der Waals surface area contributed by atoms with Crippen LogP contribution in [0.25, 0.3) is 22.2 Å². The number of ketones is 1. The van der Waals surface area contributed by atoms with E-state index in [1.807, 2.05) is 30.3 Å². The molecule has 7 rings (SSSR count). The smallest absolute Gasteiger partial charge is 0.339 e. The van der Waals surface area contributed by atoms with Crippen LogP contribution in [0, 0.1) is 23.7 Å². The number of hydrogen-bond donors (Lipinski definition) is 0. The van der Waals surface area contributed by atoms with Gasteiger partial charge in [0, 0.05) is 21.0 Å². The number of carbonyl (C=O) groups excluding carboxylic acids is 4. The fourth-order valence-electron chi connectivity index (χ4n) is 6.86. The summed E-state index contributed by atoms with van der Waals surface area (Å²) in [5.41, 5.74) is 3.17. The van der Waals surface area contributed by atoms with E-state index in [0.717, 1.165) is 29.3 Å². The molecule has 3 aromatic carbocycles. The second-order valence-electron chi connectivity index (χ2n) is 11.0. The summed E-state index contributed by atoms with van der Waals surface area (Å²) in [6.45, 7) is -0.386. The van der Waals surface area contributed by atoms with E-state index in [0.29, 0.717) is 45.2 Å². The van der Waals surface area contributed by atoms with Crippen LogP contribution in [0.5, 0.6) is 0 Å². The van der Waals surface area contributed by atoms with Crippen molar-refractivity contribution in [3.63, 3.8) is 0 Å². The van der Waals surface area contributed by atoms with Gasteiger partial charge in [-0.1, -0.05) is 58.4 Å². The third-order valence-corrected chi connectivity index (χ3v) is 9.31. The average molecular weight is 609 g/mol. The van der Waals surface area contributed by atoms with Crippen LogP contribution >= 0.6 is 15.9 Å². The van der Waals surface area contributed by atoms with E-state index in [4.69, 9.17) is 9.72 Å². The summed E-state index contributed by atoms with van der Waals surface area (Å²) < 4.78 is 6.28. The predicted octanol–water partition coefficient (Wildman–Crippen LogP) is 6.24. The lowest BCUT2D eigenvalue weighted by molar-refractivity contribution is -0.123. The Morgan fingerprint density at radius 2 is 1.54 bits per heavy atom. The summed E-state index contributed by atoms with van der Waals surface area (Å²) in [4.78, 5) is 58.4. The maximum absolute atomic E-state index is 13.2. The van der Waals surface area contributed by atoms with E-state index < -0.39 is 5.97 Å². The van der Waals surface area contributed by atoms with E-state index in [2.05, 4.69) is 15.9 Å². The molecule has 2 saturated carbocycles. The number of esters is 1. The number of pyridine rings is 1. The second-order valence-corrected chi connectivity index (χ2v) is 11.9. The van der Waals surface area contributed by atoms with Gasteiger partial charge in [0.25, 0.3) is 0 Å². The molecule has 2 heterocycles. The van der Waals surface area contributed by atoms with Crippen molar-refractivity contribution in [2.75, 3.05) is 11.5 Å². The summed E-state index contributed by atoms with van der Waals surface area (Å²) >= 11 is 3.34. The maximum atomic E-state index is 13.2. The summed E-state index contributed by atoms with van der Waals surface area (Å²) in [5.74, 6) is -0.770. The maximum Gasteiger partial charge on any atom is 0.339 e. The third-order valence-electron chi connectivity index (χ3n) is 8.79. The second kappa shape index (κ2) is 10.0. The Labute approximate surface area is 244 Å². The van der Waals surface area contributed by atoms with Crippen LogP contribution in [0.15, 0.2) is 83.3 Å². The molecule has 8 heteroatoms. The number of ether oxygens (including phenoxy) is 1. The van der Waals surface area contributed by atoms with Crippen molar-refractivity contribution in [1.82, 2.24) is 4.98 Å². The molecule has 1 aromatic heterocycles. The Morgan fingerprint density at radius 1 is 0.878 bits per heavy atom. The van der Waals surface area contributed by atoms with E-state index in [1.54, 1.807) is 48.5 Å². The molecule has 4 unspecified atom stereocenters. The van der Waals surface area contributed by atoms with Crippen molar-refractivity contribution < 1.29 is 23.9 Å². The van der Waals surface area contributed by atoms with E-state index in [1.165, 1.54) is 4.90 Å². The first kappa shape index (κ1) is 25.8. The van der Waals surface area contributed by atoms with Crippen molar-refractivity contribution in [2.45, 2.75) is 19.3 Å². The van der Waals surface area contributed by atoms with E-state index >= 15 is 0 Å². The van der Waals surface area contributed by atoms with Crippen LogP contribution < -0.4 is 4.90 Å². The zero-order chi connectivity index (χ0) is 28.2. The molecule has 0 spiro atoms. The first-order chi connectivity index (χ1) is 19.9. The molecule has 204 valence electrons. The molecule has 0 radical (unpaired) electrons. The minimum Gasteiger partial charge on any atom is -0.454 e. The van der Waals surface area contributed by atoms with Gasteiger partial charge in [-0.15, -0.1) is 0 Å². The van der Waals surface area contributed by atoms with Gasteiger partial charge >= 0.3 is 5.97 Å². The zero-order valence-corrected chi connectivity index (χ0v) is 23.5. The fourth-order valence-corrected chi connectivity index (χ4v) is 7.13. The number of benzene rings is 3. The van der Waals surface area contributed by atoms with Gasteiger partial charge in [-0.2, -0.15) is 0 Å². The normalized spacial score (nSPS) is 22.8. The lowest BCUT2D eigenvalue weighted by atomic mass is 9.81. The van der Waals surface area contributed by atoms with Crippen LogP contribution in [0.1, 0.15) is 40.0 Å². The number of rotatable bonds is 6. The molecule has 1 aliphatic heterocycles. The summed E-state index contributed by atoms with van der Waals surface area (Å²) in [5, 5.41) is 0.614. The molecule has 3 aliphatic rings. The van der Waals surface area contributed by atoms with E-state index in [9.17, 15) is 19.2 Å². The average Bonchev–Trinajstić information content (AvgIpc) is 3.69. The highest BCUT2D eigenvalue weighted by Crippen LogP contribution is 2.56. The van der Waals surface area contributed by atoms with Crippen molar-refractivity contribution >= 4 is 56.1 Å². The monoisotopic (exact) mass is 608 g/mol. The standard InChI is InChI=1S/C33H25BrN2O5/c34-22-11-7-19(8-12-22)28(37)17-41-33(40)25-16-27(35-26-4-2-1-3-24(25)26)18-9-13-23(14-10-18)36-31(38)29-20-5-6-21(15-20)30(29)32(36)39/h1-4,7-14,16,20-21,29-30H,5-6,15,17H2. The highest BCUT2D eigenvalue weighted by atomic mass is 79.9. The van der Waals surface area contributed by atoms with Gasteiger partial charge in [-0.05, 0) is 67.5 Å². The Kier molecular flexibility index (Phi) is 6.31. The molecule has 7 nitrogen and oxygen atoms in total. The fraction of sp³-hybridized carbons (Fsp3) is 0.242. The molecule has 2 aliphatic carbocycles. The van der Waals surface area contributed by atoms with Gasteiger partial charge in [0.05, 0.1) is 34.3 Å². The number of aromatic nitrogens is 1. The Bertz CT molecular complexity index is 1710. The topological polar surface area (TPSA) is 93.6 Å². The molecule has 0 N–H and O–H groups in total. The van der Waals surface area contributed by atoms with Crippen LogP contribution in [-0.4, -0.2) is 35.2 Å². The molecular formula is C33H25BrN2O5. The van der Waals surface area contributed by atoms with Gasteiger partial charge < -0.3 is 4.74 Å².